The summed E-state index contributed by atoms with van der Waals surface area (Å²) in [5.41, 5.74) is 0.326. The molecule has 2 amide bonds. The van der Waals surface area contributed by atoms with E-state index in [-0.39, 0.29) is 28.6 Å². The molecule has 1 heterocycles. The van der Waals surface area contributed by atoms with Crippen LogP contribution in [-0.4, -0.2) is 38.4 Å². The summed E-state index contributed by atoms with van der Waals surface area (Å²) in [4.78, 5) is 25.0. The van der Waals surface area contributed by atoms with E-state index in [1.54, 1.807) is 18.2 Å². The van der Waals surface area contributed by atoms with E-state index in [0.29, 0.717) is 28.1 Å². The van der Waals surface area contributed by atoms with E-state index in [2.05, 4.69) is 27.4 Å². The number of benzene rings is 1. The molecule has 10 heteroatoms. The Kier molecular flexibility index (Phi) is 9.02. The van der Waals surface area contributed by atoms with E-state index in [4.69, 9.17) is 23.2 Å². The molecule has 0 spiro atoms. The number of allylic oxidation sites excluding steroid dienone is 1. The first-order valence-corrected chi connectivity index (χ1v) is 12.3. The Balaban J connectivity index is 1.64. The number of carbonyl (C=O) groups is 2. The van der Waals surface area contributed by atoms with Crippen LogP contribution in [0.25, 0.3) is 0 Å². The van der Waals surface area contributed by atoms with Gasteiger partial charge in [-0.3, -0.25) is 9.59 Å². The maximum absolute atomic E-state index is 12.7. The maximum atomic E-state index is 12.7. The predicted molar refractivity (Wildman–Crippen MR) is 128 cm³/mol. The molecule has 7 nitrogen and oxygen atoms in total. The van der Waals surface area contributed by atoms with Gasteiger partial charge in [0, 0.05) is 17.6 Å². The lowest BCUT2D eigenvalue weighted by Gasteiger charge is -2.22. The second-order valence-electron chi connectivity index (χ2n) is 7.75. The standard InChI is InChI=1S/C22H27Cl2N5O2S/c1-3-11-29-20(14(2)25-21(31)17-10-9-15(23)12-18(17)24)27-28-22(29)32-13-19(30)26-16-7-5-4-6-8-16/h3,9-10,12,14,16H,1,4-8,11,13H2,2H3,(H,25,31)(H,26,30)/t14-/m1/s1. The molecule has 1 atom stereocenters. The summed E-state index contributed by atoms with van der Waals surface area (Å²) < 4.78 is 1.85. The molecule has 172 valence electrons. The molecular formula is C22H27Cl2N5O2S. The fraction of sp³-hybridized carbons (Fsp3) is 0.455. The molecular weight excluding hydrogens is 469 g/mol. The lowest BCUT2D eigenvalue weighted by atomic mass is 9.95. The molecule has 1 aliphatic carbocycles. The second-order valence-corrected chi connectivity index (χ2v) is 9.54. The highest BCUT2D eigenvalue weighted by Crippen LogP contribution is 2.24. The number of carbonyl (C=O) groups excluding carboxylic acids is 2. The minimum absolute atomic E-state index is 0.00432. The lowest BCUT2D eigenvalue weighted by molar-refractivity contribution is -0.119. The number of hydrogen-bond acceptors (Lipinski definition) is 5. The third-order valence-corrected chi connectivity index (χ3v) is 6.78. The second kappa shape index (κ2) is 11.7. The highest BCUT2D eigenvalue weighted by molar-refractivity contribution is 7.99. The fourth-order valence-corrected chi connectivity index (χ4v) is 4.95. The number of halogens is 2. The summed E-state index contributed by atoms with van der Waals surface area (Å²) in [5, 5.41) is 15.8. The zero-order chi connectivity index (χ0) is 23.1. The molecule has 0 unspecified atom stereocenters. The van der Waals surface area contributed by atoms with Crippen molar-refractivity contribution in [3.8, 4) is 0 Å². The van der Waals surface area contributed by atoms with Gasteiger partial charge in [0.2, 0.25) is 5.91 Å². The molecule has 1 fully saturated rings. The summed E-state index contributed by atoms with van der Waals surface area (Å²) in [6.07, 6.45) is 7.39. The van der Waals surface area contributed by atoms with Crippen LogP contribution >= 0.6 is 35.0 Å². The molecule has 1 aliphatic rings. The van der Waals surface area contributed by atoms with Crippen molar-refractivity contribution in [1.82, 2.24) is 25.4 Å². The van der Waals surface area contributed by atoms with E-state index in [1.807, 2.05) is 11.5 Å². The summed E-state index contributed by atoms with van der Waals surface area (Å²) >= 11 is 13.4. The topological polar surface area (TPSA) is 88.9 Å². The summed E-state index contributed by atoms with van der Waals surface area (Å²) in [5.74, 6) is 0.481. The fourth-order valence-electron chi connectivity index (χ4n) is 3.69. The number of hydrogen-bond donors (Lipinski definition) is 2. The summed E-state index contributed by atoms with van der Waals surface area (Å²) in [7, 11) is 0. The van der Waals surface area contributed by atoms with Crippen LogP contribution in [0.3, 0.4) is 0 Å². The van der Waals surface area contributed by atoms with Crippen molar-refractivity contribution in [2.45, 2.75) is 62.8 Å². The van der Waals surface area contributed by atoms with Crippen molar-refractivity contribution in [1.29, 1.82) is 0 Å². The first kappa shape index (κ1) is 24.6. The first-order valence-electron chi connectivity index (χ1n) is 10.6. The van der Waals surface area contributed by atoms with Gasteiger partial charge in [0.25, 0.3) is 5.91 Å². The number of nitrogens with zero attached hydrogens (tertiary/aromatic N) is 3. The molecule has 1 saturated carbocycles. The molecule has 32 heavy (non-hydrogen) atoms. The van der Waals surface area contributed by atoms with Crippen LogP contribution in [0.5, 0.6) is 0 Å². The van der Waals surface area contributed by atoms with Gasteiger partial charge in [-0.05, 0) is 38.0 Å². The van der Waals surface area contributed by atoms with Crippen molar-refractivity contribution in [3.05, 3.63) is 52.3 Å². The van der Waals surface area contributed by atoms with Crippen LogP contribution in [0.15, 0.2) is 36.0 Å². The Morgan fingerprint density at radius 1 is 1.28 bits per heavy atom. The Hall–Kier alpha value is -2.03. The van der Waals surface area contributed by atoms with Crippen LogP contribution in [0.4, 0.5) is 0 Å². The van der Waals surface area contributed by atoms with Gasteiger partial charge in [0.05, 0.1) is 22.4 Å². The van der Waals surface area contributed by atoms with Gasteiger partial charge in [-0.25, -0.2) is 0 Å². The molecule has 1 aromatic heterocycles. The smallest absolute Gasteiger partial charge is 0.253 e. The molecule has 2 N–H and O–H groups in total. The number of rotatable bonds is 9. The Bertz CT molecular complexity index is 975. The van der Waals surface area contributed by atoms with E-state index in [9.17, 15) is 9.59 Å². The van der Waals surface area contributed by atoms with Gasteiger partial charge in [0.1, 0.15) is 0 Å². The van der Waals surface area contributed by atoms with Gasteiger partial charge >= 0.3 is 0 Å². The zero-order valence-corrected chi connectivity index (χ0v) is 20.3. The minimum Gasteiger partial charge on any atom is -0.353 e. The van der Waals surface area contributed by atoms with Crippen LogP contribution in [-0.2, 0) is 11.3 Å². The van der Waals surface area contributed by atoms with Crippen LogP contribution in [0, 0.1) is 0 Å². The number of aromatic nitrogens is 3. The lowest BCUT2D eigenvalue weighted by Crippen LogP contribution is -2.37. The SMILES string of the molecule is C=CCn1c(SCC(=O)NC2CCCCC2)nnc1[C@@H](C)NC(=O)c1ccc(Cl)cc1Cl. The van der Waals surface area contributed by atoms with Gasteiger partial charge < -0.3 is 15.2 Å². The normalized spacial score (nSPS) is 15.2. The molecule has 0 bridgehead atoms. The Morgan fingerprint density at radius 2 is 2.03 bits per heavy atom. The molecule has 3 rings (SSSR count). The van der Waals surface area contributed by atoms with Gasteiger partial charge in [-0.15, -0.1) is 16.8 Å². The minimum atomic E-state index is -0.438. The summed E-state index contributed by atoms with van der Waals surface area (Å²) in [6.45, 7) is 6.07. The van der Waals surface area contributed by atoms with Gasteiger partial charge in [-0.2, -0.15) is 0 Å². The number of nitrogens with one attached hydrogen (secondary N) is 2. The number of amides is 2. The third kappa shape index (κ3) is 6.49. The van der Waals surface area contributed by atoms with E-state index < -0.39 is 6.04 Å². The van der Waals surface area contributed by atoms with Crippen molar-refractivity contribution in [2.75, 3.05) is 5.75 Å². The molecule has 2 aromatic rings. The number of thioether (sulfide) groups is 1. The van der Waals surface area contributed by atoms with Crippen LogP contribution < -0.4 is 10.6 Å². The first-order chi connectivity index (χ1) is 15.4. The average molecular weight is 496 g/mol. The van der Waals surface area contributed by atoms with Crippen LogP contribution in [0.1, 0.15) is 61.3 Å². The molecule has 1 aromatic carbocycles. The van der Waals surface area contributed by atoms with Gasteiger partial charge in [-0.1, -0.05) is 60.3 Å². The van der Waals surface area contributed by atoms with E-state index >= 15 is 0 Å². The van der Waals surface area contributed by atoms with Crippen molar-refractivity contribution >= 4 is 46.8 Å². The highest BCUT2D eigenvalue weighted by atomic mass is 35.5. The van der Waals surface area contributed by atoms with Crippen molar-refractivity contribution < 1.29 is 9.59 Å². The zero-order valence-electron chi connectivity index (χ0n) is 17.9. The quantitative estimate of drug-likeness (QED) is 0.385. The highest BCUT2D eigenvalue weighted by Gasteiger charge is 2.22. The third-order valence-electron chi connectivity index (χ3n) is 5.27. The van der Waals surface area contributed by atoms with Crippen molar-refractivity contribution in [3.63, 3.8) is 0 Å². The molecule has 0 saturated heterocycles. The maximum Gasteiger partial charge on any atom is 0.253 e. The monoisotopic (exact) mass is 495 g/mol. The molecule has 0 radical (unpaired) electrons. The summed E-state index contributed by atoms with van der Waals surface area (Å²) in [6, 6.07) is 4.55. The Labute approximate surface area is 202 Å². The van der Waals surface area contributed by atoms with Gasteiger partial charge in [0.15, 0.2) is 11.0 Å². The predicted octanol–water partition coefficient (Wildman–Crippen LogP) is 4.80. The van der Waals surface area contributed by atoms with E-state index in [0.717, 1.165) is 12.8 Å². The van der Waals surface area contributed by atoms with E-state index in [1.165, 1.54) is 37.1 Å². The van der Waals surface area contributed by atoms with Crippen LogP contribution in [0.2, 0.25) is 10.0 Å². The van der Waals surface area contributed by atoms with Crippen molar-refractivity contribution in [2.24, 2.45) is 0 Å². The average Bonchev–Trinajstić information content (AvgIpc) is 3.16. The molecule has 0 aliphatic heterocycles. The Morgan fingerprint density at radius 3 is 2.72 bits per heavy atom. The largest absolute Gasteiger partial charge is 0.353 e.